The van der Waals surface area contributed by atoms with E-state index in [0.717, 1.165) is 0 Å². The molecular formula is C18H25N3O7S. The fraction of sp³-hybridized carbons (Fsp3) is 0.444. The van der Waals surface area contributed by atoms with E-state index >= 15 is 0 Å². The Hall–Kier alpha value is -3.08. The summed E-state index contributed by atoms with van der Waals surface area (Å²) >= 11 is 4.94. The molecule has 0 unspecified atom stereocenters. The molecule has 2 amide bonds. The molecule has 0 saturated carbocycles. The Balaban J connectivity index is 2.56. The van der Waals surface area contributed by atoms with Crippen molar-refractivity contribution in [2.75, 3.05) is 27.9 Å². The van der Waals surface area contributed by atoms with E-state index in [1.165, 1.54) is 33.5 Å². The minimum absolute atomic E-state index is 0.0633. The van der Waals surface area contributed by atoms with Gasteiger partial charge in [-0.15, -0.1) is 0 Å². The van der Waals surface area contributed by atoms with Gasteiger partial charge in [0, 0.05) is 12.0 Å². The highest BCUT2D eigenvalue weighted by atomic mass is 32.1. The van der Waals surface area contributed by atoms with Crippen LogP contribution in [0, 0.1) is 0 Å². The Bertz CT molecular complexity index is 730. The smallest absolute Gasteiger partial charge is 0.306 e. The number of carbonyl (C=O) groups excluding carboxylic acids is 3. The molecule has 1 rings (SSSR count). The third-order valence-electron chi connectivity index (χ3n) is 3.49. The van der Waals surface area contributed by atoms with Gasteiger partial charge in [-0.1, -0.05) is 6.92 Å². The zero-order valence-electron chi connectivity index (χ0n) is 16.7. The van der Waals surface area contributed by atoms with Gasteiger partial charge in [-0.05, 0) is 30.8 Å². The Morgan fingerprint density at radius 2 is 1.59 bits per heavy atom. The number of ether oxygens (including phenoxy) is 4. The normalized spacial score (nSPS) is 9.79. The number of thiocarbonyl (C=S) groups is 1. The van der Waals surface area contributed by atoms with Crippen LogP contribution in [-0.4, -0.2) is 50.8 Å². The third kappa shape index (κ3) is 7.82. The van der Waals surface area contributed by atoms with Gasteiger partial charge in [0.2, 0.25) is 11.7 Å². The number of benzene rings is 1. The minimum Gasteiger partial charge on any atom is -0.493 e. The van der Waals surface area contributed by atoms with E-state index in [0.29, 0.717) is 30.3 Å². The van der Waals surface area contributed by atoms with E-state index in [4.69, 9.17) is 31.2 Å². The molecule has 11 heteroatoms. The number of methoxy groups -OCH3 is 3. The second kappa shape index (κ2) is 12.4. The summed E-state index contributed by atoms with van der Waals surface area (Å²) in [6, 6.07) is 2.92. The van der Waals surface area contributed by atoms with Crippen LogP contribution in [0.5, 0.6) is 17.2 Å². The van der Waals surface area contributed by atoms with E-state index in [9.17, 15) is 14.4 Å². The number of rotatable bonds is 9. The van der Waals surface area contributed by atoms with Crippen molar-refractivity contribution in [1.29, 1.82) is 0 Å². The summed E-state index contributed by atoms with van der Waals surface area (Å²) in [6.45, 7) is 2.18. The number of hydrogen-bond donors (Lipinski definition) is 3. The lowest BCUT2D eigenvalue weighted by Gasteiger charge is -2.15. The first-order valence-corrected chi connectivity index (χ1v) is 9.12. The molecule has 0 heterocycles. The fourth-order valence-corrected chi connectivity index (χ4v) is 2.29. The number of amides is 2. The average Bonchev–Trinajstić information content (AvgIpc) is 2.73. The van der Waals surface area contributed by atoms with Crippen LogP contribution in [0.25, 0.3) is 0 Å². The standard InChI is InChI=1S/C18H25N3O7S/c1-5-8-28-15(23)7-6-14(22)19-18(29)21-20-17(24)11-9-12(25-2)16(27-4)13(10-11)26-3/h9-10H,5-8H2,1-4H3,(H,20,24)(H2,19,21,22,29). The second-order valence-electron chi connectivity index (χ2n) is 5.59. The molecule has 0 saturated heterocycles. The molecule has 0 atom stereocenters. The molecular weight excluding hydrogens is 402 g/mol. The summed E-state index contributed by atoms with van der Waals surface area (Å²) in [5.74, 6) is -0.538. The summed E-state index contributed by atoms with van der Waals surface area (Å²) in [4.78, 5) is 35.5. The monoisotopic (exact) mass is 427 g/mol. The Kier molecular flexibility index (Phi) is 10.2. The van der Waals surface area contributed by atoms with E-state index in [1.54, 1.807) is 0 Å². The van der Waals surface area contributed by atoms with Crippen molar-refractivity contribution in [2.24, 2.45) is 0 Å². The fourth-order valence-electron chi connectivity index (χ4n) is 2.12. The number of hydrazine groups is 1. The van der Waals surface area contributed by atoms with Crippen LogP contribution in [0.15, 0.2) is 12.1 Å². The first-order valence-electron chi connectivity index (χ1n) is 8.72. The first-order chi connectivity index (χ1) is 13.9. The summed E-state index contributed by atoms with van der Waals surface area (Å²) < 4.78 is 20.5. The highest BCUT2D eigenvalue weighted by Crippen LogP contribution is 2.38. The third-order valence-corrected chi connectivity index (χ3v) is 3.70. The van der Waals surface area contributed by atoms with Gasteiger partial charge < -0.3 is 24.3 Å². The Morgan fingerprint density at radius 3 is 2.10 bits per heavy atom. The number of esters is 1. The highest BCUT2D eigenvalue weighted by Gasteiger charge is 2.17. The molecule has 29 heavy (non-hydrogen) atoms. The van der Waals surface area contributed by atoms with Crippen molar-refractivity contribution in [3.63, 3.8) is 0 Å². The van der Waals surface area contributed by atoms with Crippen LogP contribution in [0.1, 0.15) is 36.5 Å². The molecule has 0 fully saturated rings. The molecule has 0 spiro atoms. The number of carbonyl (C=O) groups is 3. The maximum absolute atomic E-state index is 12.3. The van der Waals surface area contributed by atoms with Crippen molar-refractivity contribution in [3.8, 4) is 17.2 Å². The van der Waals surface area contributed by atoms with Crippen molar-refractivity contribution in [3.05, 3.63) is 17.7 Å². The first kappa shape index (κ1) is 24.0. The van der Waals surface area contributed by atoms with Gasteiger partial charge >= 0.3 is 5.97 Å². The van der Waals surface area contributed by atoms with E-state index in [2.05, 4.69) is 16.2 Å². The lowest BCUT2D eigenvalue weighted by atomic mass is 10.1. The average molecular weight is 427 g/mol. The van der Waals surface area contributed by atoms with Crippen LogP contribution >= 0.6 is 12.2 Å². The van der Waals surface area contributed by atoms with Gasteiger partial charge in [0.1, 0.15) is 0 Å². The second-order valence-corrected chi connectivity index (χ2v) is 6.00. The lowest BCUT2D eigenvalue weighted by molar-refractivity contribution is -0.144. The van der Waals surface area contributed by atoms with Gasteiger partial charge in [-0.25, -0.2) is 0 Å². The number of nitrogens with one attached hydrogen (secondary N) is 3. The maximum atomic E-state index is 12.3. The molecule has 0 aliphatic rings. The van der Waals surface area contributed by atoms with Gasteiger partial charge in [-0.2, -0.15) is 0 Å². The largest absolute Gasteiger partial charge is 0.493 e. The molecule has 0 aromatic heterocycles. The van der Waals surface area contributed by atoms with Gasteiger partial charge in [0.25, 0.3) is 5.91 Å². The van der Waals surface area contributed by atoms with Crippen molar-refractivity contribution in [2.45, 2.75) is 26.2 Å². The van der Waals surface area contributed by atoms with E-state index in [-0.39, 0.29) is 23.5 Å². The lowest BCUT2D eigenvalue weighted by Crippen LogP contribution is -2.48. The van der Waals surface area contributed by atoms with Gasteiger partial charge in [0.05, 0.1) is 34.4 Å². The van der Waals surface area contributed by atoms with Crippen LogP contribution in [0.3, 0.4) is 0 Å². The van der Waals surface area contributed by atoms with Crippen LogP contribution in [-0.2, 0) is 14.3 Å². The van der Waals surface area contributed by atoms with Crippen LogP contribution < -0.4 is 30.4 Å². The van der Waals surface area contributed by atoms with E-state index < -0.39 is 17.8 Å². The van der Waals surface area contributed by atoms with Crippen LogP contribution in [0.4, 0.5) is 0 Å². The SMILES string of the molecule is CCCOC(=O)CCC(=O)NC(=S)NNC(=O)c1cc(OC)c(OC)c(OC)c1. The molecule has 0 aliphatic heterocycles. The predicted molar refractivity (Wildman–Crippen MR) is 108 cm³/mol. The highest BCUT2D eigenvalue weighted by molar-refractivity contribution is 7.80. The molecule has 0 bridgehead atoms. The van der Waals surface area contributed by atoms with Crippen LogP contribution in [0.2, 0.25) is 0 Å². The van der Waals surface area contributed by atoms with Crippen molar-refractivity contribution >= 4 is 35.1 Å². The molecule has 3 N–H and O–H groups in total. The van der Waals surface area contributed by atoms with Gasteiger partial charge in [0.15, 0.2) is 16.6 Å². The zero-order chi connectivity index (χ0) is 21.8. The molecule has 0 aliphatic carbocycles. The maximum Gasteiger partial charge on any atom is 0.306 e. The quantitative estimate of drug-likeness (QED) is 0.302. The van der Waals surface area contributed by atoms with Crippen molar-refractivity contribution < 1.29 is 33.3 Å². The molecule has 0 radical (unpaired) electrons. The summed E-state index contributed by atoms with van der Waals surface area (Å²) in [6.07, 6.45) is 0.551. The summed E-state index contributed by atoms with van der Waals surface area (Å²) in [5.41, 5.74) is 4.96. The minimum atomic E-state index is -0.552. The van der Waals surface area contributed by atoms with Gasteiger partial charge in [-0.3, -0.25) is 25.2 Å². The zero-order valence-corrected chi connectivity index (χ0v) is 17.6. The molecule has 1 aromatic carbocycles. The topological polar surface area (TPSA) is 124 Å². The molecule has 160 valence electrons. The molecule has 10 nitrogen and oxygen atoms in total. The Labute approximate surface area is 174 Å². The Morgan fingerprint density at radius 1 is 0.966 bits per heavy atom. The predicted octanol–water partition coefficient (Wildman–Crippen LogP) is 1.08. The summed E-state index contributed by atoms with van der Waals surface area (Å²) in [7, 11) is 4.31. The molecule has 1 aromatic rings. The summed E-state index contributed by atoms with van der Waals surface area (Å²) in [5, 5.41) is 2.22. The van der Waals surface area contributed by atoms with E-state index in [1.807, 2.05) is 6.92 Å². The van der Waals surface area contributed by atoms with Crippen molar-refractivity contribution in [1.82, 2.24) is 16.2 Å². The number of hydrogen-bond acceptors (Lipinski definition) is 8.